The highest BCUT2D eigenvalue weighted by molar-refractivity contribution is 5.94. The number of benzene rings is 3. The molecule has 0 spiro atoms. The second kappa shape index (κ2) is 9.30. The lowest BCUT2D eigenvalue weighted by atomic mass is 9.95. The van der Waals surface area contributed by atoms with Gasteiger partial charge >= 0.3 is 0 Å². The van der Waals surface area contributed by atoms with E-state index in [4.69, 9.17) is 4.74 Å². The number of nitrogens with zero attached hydrogens (tertiary/aromatic N) is 2. The van der Waals surface area contributed by atoms with Crippen LogP contribution in [0.3, 0.4) is 0 Å². The summed E-state index contributed by atoms with van der Waals surface area (Å²) in [7, 11) is 0. The largest absolute Gasteiger partial charge is 0.455 e. The number of nitro benzene ring substituents is 1. The number of piperidine rings is 1. The van der Waals surface area contributed by atoms with E-state index in [2.05, 4.69) is 5.32 Å². The number of nitro groups is 1. The van der Waals surface area contributed by atoms with Crippen LogP contribution in [0.4, 0.5) is 17.1 Å². The summed E-state index contributed by atoms with van der Waals surface area (Å²) in [5, 5.41) is 14.3. The number of amides is 1. The molecule has 3 aromatic rings. The Balaban J connectivity index is 1.40. The highest BCUT2D eigenvalue weighted by atomic mass is 16.6. The predicted molar refractivity (Wildman–Crippen MR) is 120 cm³/mol. The van der Waals surface area contributed by atoms with Crippen molar-refractivity contribution in [3.63, 3.8) is 0 Å². The fourth-order valence-electron chi connectivity index (χ4n) is 3.78. The van der Waals surface area contributed by atoms with E-state index in [1.807, 2.05) is 59.5 Å². The number of hydrogen-bond donors (Lipinski definition) is 1. The molecule has 0 bridgehead atoms. The molecule has 1 N–H and O–H groups in total. The number of ether oxygens (including phenoxy) is 1. The molecule has 0 radical (unpaired) electrons. The van der Waals surface area contributed by atoms with E-state index in [-0.39, 0.29) is 22.4 Å². The van der Waals surface area contributed by atoms with Gasteiger partial charge in [0.05, 0.1) is 10.6 Å². The van der Waals surface area contributed by atoms with Gasteiger partial charge in [-0.15, -0.1) is 0 Å². The fourth-order valence-corrected chi connectivity index (χ4v) is 3.78. The van der Waals surface area contributed by atoms with Gasteiger partial charge in [0, 0.05) is 25.1 Å². The van der Waals surface area contributed by atoms with Gasteiger partial charge in [-0.3, -0.25) is 14.9 Å². The number of nitrogens with one attached hydrogen (secondary N) is 1. The number of hydrogen-bond acceptors (Lipinski definition) is 5. The zero-order valence-electron chi connectivity index (χ0n) is 16.9. The first-order valence-electron chi connectivity index (χ1n) is 10.2. The summed E-state index contributed by atoms with van der Waals surface area (Å²) < 4.78 is 5.92. The van der Waals surface area contributed by atoms with Gasteiger partial charge in [-0.05, 0) is 43.2 Å². The quantitative estimate of drug-likeness (QED) is 0.438. The van der Waals surface area contributed by atoms with E-state index in [9.17, 15) is 14.9 Å². The Hall–Kier alpha value is -3.87. The highest BCUT2D eigenvalue weighted by Crippen LogP contribution is 2.33. The first-order chi connectivity index (χ1) is 15.1. The summed E-state index contributed by atoms with van der Waals surface area (Å²) in [4.78, 5) is 25.8. The second-order valence-corrected chi connectivity index (χ2v) is 7.41. The molecule has 158 valence electrons. The second-order valence-electron chi connectivity index (χ2n) is 7.41. The van der Waals surface area contributed by atoms with E-state index in [1.54, 1.807) is 18.2 Å². The van der Waals surface area contributed by atoms with E-state index >= 15 is 0 Å². The molecule has 7 heteroatoms. The van der Waals surface area contributed by atoms with Crippen LogP contribution in [0, 0.1) is 16.0 Å². The van der Waals surface area contributed by atoms with E-state index < -0.39 is 0 Å². The Morgan fingerprint density at radius 3 is 2.32 bits per heavy atom. The van der Waals surface area contributed by atoms with Gasteiger partial charge in [0.2, 0.25) is 5.91 Å². The number of carbonyl (C=O) groups excluding carboxylic acids is 1. The molecule has 1 amide bonds. The van der Waals surface area contributed by atoms with Gasteiger partial charge in [0.25, 0.3) is 5.69 Å². The van der Waals surface area contributed by atoms with Crippen molar-refractivity contribution in [2.75, 3.05) is 23.3 Å². The molecule has 3 aromatic carbocycles. The van der Waals surface area contributed by atoms with Gasteiger partial charge in [-0.2, -0.15) is 0 Å². The minimum absolute atomic E-state index is 0.0636. The van der Waals surface area contributed by atoms with Crippen LogP contribution in [0.2, 0.25) is 0 Å². The van der Waals surface area contributed by atoms with E-state index in [1.165, 1.54) is 6.07 Å². The zero-order chi connectivity index (χ0) is 21.6. The van der Waals surface area contributed by atoms with Crippen LogP contribution >= 0.6 is 0 Å². The monoisotopic (exact) mass is 417 g/mol. The Labute approximate surface area is 180 Å². The average molecular weight is 417 g/mol. The zero-order valence-corrected chi connectivity index (χ0v) is 16.9. The molecule has 0 aliphatic carbocycles. The Morgan fingerprint density at radius 1 is 0.935 bits per heavy atom. The molecular formula is C24H23N3O4. The molecule has 1 aliphatic heterocycles. The van der Waals surface area contributed by atoms with Crippen molar-refractivity contribution in [1.29, 1.82) is 0 Å². The third-order valence-corrected chi connectivity index (χ3v) is 5.40. The first-order valence-corrected chi connectivity index (χ1v) is 10.2. The molecule has 1 heterocycles. The SMILES string of the molecule is O=C(Nc1ccccc1Oc1ccccc1)C1CCN(c2ccccc2[N+](=O)[O-])CC1. The molecule has 1 saturated heterocycles. The van der Waals surface area contributed by atoms with Crippen molar-refractivity contribution in [2.24, 2.45) is 5.92 Å². The molecule has 1 fully saturated rings. The van der Waals surface area contributed by atoms with Crippen molar-refractivity contribution in [1.82, 2.24) is 0 Å². The number of rotatable bonds is 6. The van der Waals surface area contributed by atoms with Crippen molar-refractivity contribution in [3.05, 3.63) is 89.0 Å². The summed E-state index contributed by atoms with van der Waals surface area (Å²) in [6.45, 7) is 1.18. The molecule has 4 rings (SSSR count). The number of anilines is 2. The van der Waals surface area contributed by atoms with Crippen LogP contribution in [0.25, 0.3) is 0 Å². The molecule has 0 aromatic heterocycles. The van der Waals surface area contributed by atoms with Crippen LogP contribution in [0.5, 0.6) is 11.5 Å². The van der Waals surface area contributed by atoms with Crippen molar-refractivity contribution in [2.45, 2.75) is 12.8 Å². The van der Waals surface area contributed by atoms with Crippen LogP contribution < -0.4 is 15.0 Å². The van der Waals surface area contributed by atoms with Gasteiger partial charge < -0.3 is 15.0 Å². The molecule has 0 unspecified atom stereocenters. The Morgan fingerprint density at radius 2 is 1.58 bits per heavy atom. The van der Waals surface area contributed by atoms with Crippen molar-refractivity contribution >= 4 is 23.0 Å². The lowest BCUT2D eigenvalue weighted by molar-refractivity contribution is -0.384. The van der Waals surface area contributed by atoms with Gasteiger partial charge in [-0.25, -0.2) is 0 Å². The predicted octanol–water partition coefficient (Wildman–Crippen LogP) is 5.24. The summed E-state index contributed by atoms with van der Waals surface area (Å²) >= 11 is 0. The summed E-state index contributed by atoms with van der Waals surface area (Å²) in [6, 6.07) is 23.5. The van der Waals surface area contributed by atoms with Crippen molar-refractivity contribution in [3.8, 4) is 11.5 Å². The summed E-state index contributed by atoms with van der Waals surface area (Å²) in [5.74, 6) is 1.05. The van der Waals surface area contributed by atoms with E-state index in [0.29, 0.717) is 48.8 Å². The average Bonchev–Trinajstić information content (AvgIpc) is 2.81. The molecule has 7 nitrogen and oxygen atoms in total. The fraction of sp³-hybridized carbons (Fsp3) is 0.208. The smallest absolute Gasteiger partial charge is 0.292 e. The van der Waals surface area contributed by atoms with Gasteiger partial charge in [-0.1, -0.05) is 42.5 Å². The maximum Gasteiger partial charge on any atom is 0.292 e. The molecule has 1 aliphatic rings. The lowest BCUT2D eigenvalue weighted by Crippen LogP contribution is -2.38. The van der Waals surface area contributed by atoms with Gasteiger partial charge in [0.15, 0.2) is 5.75 Å². The Kier molecular flexibility index (Phi) is 6.12. The minimum Gasteiger partial charge on any atom is -0.455 e. The molecular weight excluding hydrogens is 394 g/mol. The maximum absolute atomic E-state index is 12.9. The maximum atomic E-state index is 12.9. The number of para-hydroxylation sites is 5. The molecule has 0 atom stereocenters. The van der Waals surface area contributed by atoms with Gasteiger partial charge in [0.1, 0.15) is 11.4 Å². The normalized spacial score (nSPS) is 14.1. The van der Waals surface area contributed by atoms with Crippen LogP contribution in [0.15, 0.2) is 78.9 Å². The molecule has 0 saturated carbocycles. The minimum atomic E-state index is -0.363. The molecule has 31 heavy (non-hydrogen) atoms. The topological polar surface area (TPSA) is 84.7 Å². The van der Waals surface area contributed by atoms with E-state index in [0.717, 1.165) is 0 Å². The van der Waals surface area contributed by atoms with Crippen molar-refractivity contribution < 1.29 is 14.5 Å². The van der Waals surface area contributed by atoms with Crippen LogP contribution in [-0.4, -0.2) is 23.9 Å². The third-order valence-electron chi connectivity index (χ3n) is 5.40. The van der Waals surface area contributed by atoms with Crippen LogP contribution in [-0.2, 0) is 4.79 Å². The third kappa shape index (κ3) is 4.83. The number of carbonyl (C=O) groups is 1. The Bertz CT molecular complexity index is 1060. The van der Waals surface area contributed by atoms with Crippen LogP contribution in [0.1, 0.15) is 12.8 Å². The standard InChI is InChI=1S/C24H23N3O4/c28-24(25-20-10-4-7-13-23(20)31-19-8-2-1-3-9-19)18-14-16-26(17-15-18)21-11-5-6-12-22(21)27(29)30/h1-13,18H,14-17H2,(H,25,28). The summed E-state index contributed by atoms with van der Waals surface area (Å²) in [5.41, 5.74) is 1.32. The first kappa shape index (κ1) is 20.4. The summed E-state index contributed by atoms with van der Waals surface area (Å²) in [6.07, 6.45) is 1.25. The lowest BCUT2D eigenvalue weighted by Gasteiger charge is -2.32. The highest BCUT2D eigenvalue weighted by Gasteiger charge is 2.28.